The van der Waals surface area contributed by atoms with Crippen LogP contribution in [0.5, 0.6) is 11.5 Å². The fraction of sp³-hybridized carbons (Fsp3) is 0.467. The predicted molar refractivity (Wildman–Crippen MR) is 69.1 cm³/mol. The minimum Gasteiger partial charge on any atom is -0.490 e. The molecule has 2 aliphatic rings. The van der Waals surface area contributed by atoms with Gasteiger partial charge < -0.3 is 14.6 Å². The third-order valence-corrected chi connectivity index (χ3v) is 3.79. The Balaban J connectivity index is 1.83. The highest BCUT2D eigenvalue weighted by molar-refractivity contribution is 5.46. The number of ether oxygens (including phenoxy) is 2. The van der Waals surface area contributed by atoms with Crippen LogP contribution in [0.3, 0.4) is 0 Å². The van der Waals surface area contributed by atoms with E-state index in [2.05, 4.69) is 12.6 Å². The van der Waals surface area contributed by atoms with E-state index in [1.165, 1.54) is 5.56 Å². The highest BCUT2D eigenvalue weighted by Crippen LogP contribution is 2.46. The molecule has 0 radical (unpaired) electrons. The van der Waals surface area contributed by atoms with Gasteiger partial charge in [0.1, 0.15) is 24.2 Å². The van der Waals surface area contributed by atoms with Gasteiger partial charge in [0, 0.05) is 17.9 Å². The van der Waals surface area contributed by atoms with Crippen molar-refractivity contribution in [2.45, 2.75) is 37.4 Å². The molecule has 3 atom stereocenters. The second-order valence-corrected chi connectivity index (χ2v) is 5.03. The second kappa shape index (κ2) is 4.65. The van der Waals surface area contributed by atoms with Gasteiger partial charge in [-0.1, -0.05) is 12.7 Å². The van der Waals surface area contributed by atoms with Gasteiger partial charge in [-0.3, -0.25) is 0 Å². The van der Waals surface area contributed by atoms with Crippen molar-refractivity contribution in [2.24, 2.45) is 0 Å². The van der Waals surface area contributed by atoms with Crippen molar-refractivity contribution < 1.29 is 14.6 Å². The molecule has 1 saturated carbocycles. The van der Waals surface area contributed by atoms with Crippen molar-refractivity contribution in [2.75, 3.05) is 6.61 Å². The smallest absolute Gasteiger partial charge is 0.123 e. The molecule has 96 valence electrons. The minimum absolute atomic E-state index is 0.137. The fourth-order valence-electron chi connectivity index (χ4n) is 2.93. The van der Waals surface area contributed by atoms with Crippen LogP contribution in [-0.4, -0.2) is 23.9 Å². The zero-order chi connectivity index (χ0) is 12.5. The summed E-state index contributed by atoms with van der Waals surface area (Å²) in [6, 6.07) is 5.97. The standard InChI is InChI=1S/C15H18O3/c1-2-7-17-11-4-6-14-13(9-11)12-5-3-10(16)8-15(12)18-14/h2,4,6,9-10,12,15-16H,1,3,5,7-8H2. The molecule has 18 heavy (non-hydrogen) atoms. The SMILES string of the molecule is C=CCOc1ccc2c(c1)C1CCC(O)CC1O2. The Bertz CT molecular complexity index is 455. The average molecular weight is 246 g/mol. The predicted octanol–water partition coefficient (Wildman–Crippen LogP) is 2.64. The van der Waals surface area contributed by atoms with E-state index in [0.29, 0.717) is 12.5 Å². The van der Waals surface area contributed by atoms with Gasteiger partial charge in [-0.05, 0) is 31.0 Å². The van der Waals surface area contributed by atoms with Crippen LogP contribution in [0.25, 0.3) is 0 Å². The summed E-state index contributed by atoms with van der Waals surface area (Å²) in [6.07, 6.45) is 4.26. The minimum atomic E-state index is -0.211. The second-order valence-electron chi connectivity index (χ2n) is 5.03. The quantitative estimate of drug-likeness (QED) is 0.833. The normalized spacial score (nSPS) is 29.1. The summed E-state index contributed by atoms with van der Waals surface area (Å²) in [5.74, 6) is 2.23. The van der Waals surface area contributed by atoms with Crippen LogP contribution >= 0.6 is 0 Å². The molecule has 1 aromatic carbocycles. The molecule has 3 heteroatoms. The number of hydrogen-bond acceptors (Lipinski definition) is 3. The molecule has 1 aliphatic heterocycles. The Morgan fingerprint density at radius 1 is 1.44 bits per heavy atom. The largest absolute Gasteiger partial charge is 0.490 e. The summed E-state index contributed by atoms with van der Waals surface area (Å²) in [4.78, 5) is 0. The van der Waals surface area contributed by atoms with Gasteiger partial charge in [-0.15, -0.1) is 0 Å². The van der Waals surface area contributed by atoms with Crippen LogP contribution in [0.4, 0.5) is 0 Å². The van der Waals surface area contributed by atoms with Crippen molar-refractivity contribution in [1.29, 1.82) is 0 Å². The van der Waals surface area contributed by atoms with E-state index < -0.39 is 0 Å². The Kier molecular flexibility index (Phi) is 3.00. The number of aliphatic hydroxyl groups excluding tert-OH is 1. The Hall–Kier alpha value is -1.48. The monoisotopic (exact) mass is 246 g/mol. The maximum absolute atomic E-state index is 9.69. The Morgan fingerprint density at radius 3 is 3.17 bits per heavy atom. The third kappa shape index (κ3) is 1.99. The molecule has 3 unspecified atom stereocenters. The molecule has 1 heterocycles. The molecule has 1 fully saturated rings. The highest BCUT2D eigenvalue weighted by Gasteiger charge is 2.39. The number of fused-ring (bicyclic) bond motifs is 3. The van der Waals surface area contributed by atoms with Crippen molar-refractivity contribution in [1.82, 2.24) is 0 Å². The van der Waals surface area contributed by atoms with Gasteiger partial charge in [0.2, 0.25) is 0 Å². The lowest BCUT2D eigenvalue weighted by atomic mass is 9.82. The lowest BCUT2D eigenvalue weighted by Gasteiger charge is -2.27. The molecule has 1 aromatic rings. The maximum atomic E-state index is 9.69. The van der Waals surface area contributed by atoms with Gasteiger partial charge in [-0.2, -0.15) is 0 Å². The average Bonchev–Trinajstić information content (AvgIpc) is 2.72. The lowest BCUT2D eigenvalue weighted by Crippen LogP contribution is -2.30. The molecule has 3 nitrogen and oxygen atoms in total. The zero-order valence-corrected chi connectivity index (χ0v) is 10.3. The van der Waals surface area contributed by atoms with Gasteiger partial charge in [0.15, 0.2) is 0 Å². The number of hydrogen-bond donors (Lipinski definition) is 1. The van der Waals surface area contributed by atoms with Crippen LogP contribution in [-0.2, 0) is 0 Å². The van der Waals surface area contributed by atoms with Crippen LogP contribution in [0.2, 0.25) is 0 Å². The van der Waals surface area contributed by atoms with Crippen molar-refractivity contribution in [3.63, 3.8) is 0 Å². The molecular formula is C15H18O3. The zero-order valence-electron chi connectivity index (χ0n) is 10.3. The molecule has 0 spiro atoms. The van der Waals surface area contributed by atoms with E-state index in [9.17, 15) is 5.11 Å². The van der Waals surface area contributed by atoms with Crippen LogP contribution in [0.1, 0.15) is 30.7 Å². The van der Waals surface area contributed by atoms with Gasteiger partial charge in [-0.25, -0.2) is 0 Å². The fourth-order valence-corrected chi connectivity index (χ4v) is 2.93. The lowest BCUT2D eigenvalue weighted by molar-refractivity contribution is 0.0551. The molecule has 3 rings (SSSR count). The number of benzene rings is 1. The van der Waals surface area contributed by atoms with Crippen LogP contribution in [0.15, 0.2) is 30.9 Å². The first-order valence-electron chi connectivity index (χ1n) is 6.50. The van der Waals surface area contributed by atoms with Crippen LogP contribution < -0.4 is 9.47 Å². The summed E-state index contributed by atoms with van der Waals surface area (Å²) in [7, 11) is 0. The number of aliphatic hydroxyl groups is 1. The molecule has 1 N–H and O–H groups in total. The van der Waals surface area contributed by atoms with Crippen molar-refractivity contribution >= 4 is 0 Å². The third-order valence-electron chi connectivity index (χ3n) is 3.79. The van der Waals surface area contributed by atoms with Crippen molar-refractivity contribution in [3.05, 3.63) is 36.4 Å². The number of rotatable bonds is 3. The van der Waals surface area contributed by atoms with Crippen LogP contribution in [0, 0.1) is 0 Å². The Labute approximate surface area is 107 Å². The summed E-state index contributed by atoms with van der Waals surface area (Å²) < 4.78 is 11.5. The summed E-state index contributed by atoms with van der Waals surface area (Å²) in [5, 5.41) is 9.69. The molecule has 0 aromatic heterocycles. The molecule has 0 bridgehead atoms. The molecule has 0 amide bonds. The van der Waals surface area contributed by atoms with E-state index in [0.717, 1.165) is 30.8 Å². The molecular weight excluding hydrogens is 228 g/mol. The highest BCUT2D eigenvalue weighted by atomic mass is 16.5. The maximum Gasteiger partial charge on any atom is 0.123 e. The van der Waals surface area contributed by atoms with E-state index in [4.69, 9.17) is 9.47 Å². The Morgan fingerprint density at radius 2 is 2.33 bits per heavy atom. The first kappa shape index (κ1) is 11.6. The first-order chi connectivity index (χ1) is 8.78. The molecule has 0 saturated heterocycles. The van der Waals surface area contributed by atoms with E-state index in [-0.39, 0.29) is 12.2 Å². The van der Waals surface area contributed by atoms with E-state index >= 15 is 0 Å². The van der Waals surface area contributed by atoms with E-state index in [1.54, 1.807) is 6.08 Å². The summed E-state index contributed by atoms with van der Waals surface area (Å²) in [5.41, 5.74) is 1.23. The summed E-state index contributed by atoms with van der Waals surface area (Å²) in [6.45, 7) is 4.16. The van der Waals surface area contributed by atoms with Crippen molar-refractivity contribution in [3.8, 4) is 11.5 Å². The summed E-state index contributed by atoms with van der Waals surface area (Å²) >= 11 is 0. The van der Waals surface area contributed by atoms with E-state index in [1.807, 2.05) is 12.1 Å². The first-order valence-corrected chi connectivity index (χ1v) is 6.50. The van der Waals surface area contributed by atoms with Gasteiger partial charge in [0.05, 0.1) is 6.10 Å². The van der Waals surface area contributed by atoms with Gasteiger partial charge in [0.25, 0.3) is 0 Å². The molecule has 1 aliphatic carbocycles. The topological polar surface area (TPSA) is 38.7 Å². The van der Waals surface area contributed by atoms with Gasteiger partial charge >= 0.3 is 0 Å².